The summed E-state index contributed by atoms with van der Waals surface area (Å²) in [6.45, 7) is 2.23. The molecule has 1 fully saturated rings. The number of fused-ring (bicyclic) bond motifs is 1. The molecule has 27 heavy (non-hydrogen) atoms. The molecular formula is C24H27Cl2Zr. The minimum atomic E-state index is -2.44. The second kappa shape index (κ2) is 8.98. The second-order valence-corrected chi connectivity index (χ2v) is 16.9. The third-order valence-corrected chi connectivity index (χ3v) is 11.5. The van der Waals surface area contributed by atoms with E-state index in [2.05, 4.69) is 55.5 Å². The van der Waals surface area contributed by atoms with Gasteiger partial charge in [-0.15, -0.1) is 0 Å². The van der Waals surface area contributed by atoms with Gasteiger partial charge in [-0.25, -0.2) is 0 Å². The van der Waals surface area contributed by atoms with Crippen LogP contribution in [0.5, 0.6) is 0 Å². The number of hydrogen-bond acceptors (Lipinski definition) is 0. The average molecular weight is 478 g/mol. The van der Waals surface area contributed by atoms with E-state index in [-0.39, 0.29) is 0 Å². The molecule has 2 aromatic rings. The summed E-state index contributed by atoms with van der Waals surface area (Å²) in [6.07, 6.45) is 11.5. The molecule has 1 unspecified atom stereocenters. The monoisotopic (exact) mass is 475 g/mol. The summed E-state index contributed by atoms with van der Waals surface area (Å²) in [7, 11) is 13.3. The standard InChI is InChI=1S/C24H27.2ClH.Zr/c1-2-6-18-11-13-21(14-12-18)23-10-5-9-22-16-20(17-24(22)23)15-19-7-3-4-8-19;;;/h5,9-14,16-17,19H,2-4,6-8,15H2,1H3;2*1H;/q;;;+2/p-2. The summed E-state index contributed by atoms with van der Waals surface area (Å²) >= 11 is -2.44. The normalized spacial score (nSPS) is 19.2. The molecule has 0 nitrogen and oxygen atoms in total. The summed E-state index contributed by atoms with van der Waals surface area (Å²) < 4.78 is 0.339. The van der Waals surface area contributed by atoms with E-state index in [1.54, 1.807) is 0 Å². The van der Waals surface area contributed by atoms with E-state index >= 15 is 0 Å². The predicted molar refractivity (Wildman–Crippen MR) is 115 cm³/mol. The Morgan fingerprint density at radius 2 is 1.74 bits per heavy atom. The first-order valence-electron chi connectivity index (χ1n) is 10.3. The minimum absolute atomic E-state index is 0.339. The van der Waals surface area contributed by atoms with Gasteiger partial charge in [0.05, 0.1) is 0 Å². The Morgan fingerprint density at radius 1 is 1.00 bits per heavy atom. The van der Waals surface area contributed by atoms with Gasteiger partial charge in [-0.3, -0.25) is 0 Å². The van der Waals surface area contributed by atoms with Crippen LogP contribution in [0, 0.1) is 5.92 Å². The first-order valence-corrected chi connectivity index (χ1v) is 18.0. The molecule has 0 radical (unpaired) electrons. The van der Waals surface area contributed by atoms with Crippen molar-refractivity contribution in [2.24, 2.45) is 5.92 Å². The van der Waals surface area contributed by atoms with Gasteiger partial charge in [-0.1, -0.05) is 0 Å². The van der Waals surface area contributed by atoms with E-state index in [0.717, 1.165) is 12.3 Å². The van der Waals surface area contributed by atoms with Crippen LogP contribution in [0.4, 0.5) is 0 Å². The van der Waals surface area contributed by atoms with Crippen molar-refractivity contribution in [2.45, 2.75) is 55.5 Å². The van der Waals surface area contributed by atoms with Crippen molar-refractivity contribution >= 4 is 23.1 Å². The Balaban J connectivity index is 1.69. The molecule has 0 amide bonds. The van der Waals surface area contributed by atoms with Crippen LogP contribution in [0.2, 0.25) is 0 Å². The number of hydrogen-bond donors (Lipinski definition) is 0. The van der Waals surface area contributed by atoms with Crippen LogP contribution < -0.4 is 0 Å². The molecule has 2 aliphatic carbocycles. The van der Waals surface area contributed by atoms with Crippen molar-refractivity contribution in [3.05, 3.63) is 64.7 Å². The third kappa shape index (κ3) is 4.31. The number of rotatable bonds is 6. The molecule has 2 aliphatic rings. The van der Waals surface area contributed by atoms with Gasteiger partial charge < -0.3 is 0 Å². The van der Waals surface area contributed by atoms with Crippen LogP contribution in [-0.4, -0.2) is 0 Å². The number of benzene rings is 2. The maximum atomic E-state index is 6.67. The van der Waals surface area contributed by atoms with Gasteiger partial charge in [0.2, 0.25) is 0 Å². The van der Waals surface area contributed by atoms with Gasteiger partial charge in [0.25, 0.3) is 0 Å². The Kier molecular flexibility index (Phi) is 6.63. The van der Waals surface area contributed by atoms with E-state index in [0.29, 0.717) is 3.63 Å². The van der Waals surface area contributed by atoms with Crippen molar-refractivity contribution in [1.82, 2.24) is 0 Å². The van der Waals surface area contributed by atoms with Gasteiger partial charge in [-0.2, -0.15) is 0 Å². The molecule has 0 aliphatic heterocycles. The topological polar surface area (TPSA) is 0 Å². The van der Waals surface area contributed by atoms with E-state index in [4.69, 9.17) is 17.0 Å². The SMILES string of the molecule is CCCc1ccc(-c2cccc3c2C=C(CC2CCCC2)[CH]3[Zr]([Cl])[Cl])cc1. The molecule has 0 aromatic heterocycles. The van der Waals surface area contributed by atoms with Crippen LogP contribution in [0.15, 0.2) is 48.0 Å². The zero-order chi connectivity index (χ0) is 18.8. The molecule has 0 spiro atoms. The van der Waals surface area contributed by atoms with Gasteiger partial charge in [0.15, 0.2) is 0 Å². The molecule has 0 heterocycles. The first kappa shape index (κ1) is 19.9. The van der Waals surface area contributed by atoms with E-state index in [9.17, 15) is 0 Å². The molecule has 0 N–H and O–H groups in total. The van der Waals surface area contributed by atoms with Crippen LogP contribution in [0.3, 0.4) is 0 Å². The summed E-state index contributed by atoms with van der Waals surface area (Å²) in [5, 5.41) is 0. The fraction of sp³-hybridized carbons (Fsp3) is 0.417. The van der Waals surface area contributed by atoms with Crippen molar-refractivity contribution in [1.29, 1.82) is 0 Å². The van der Waals surface area contributed by atoms with Crippen molar-refractivity contribution in [3.63, 3.8) is 0 Å². The molecule has 0 bridgehead atoms. The van der Waals surface area contributed by atoms with Gasteiger partial charge >= 0.3 is 180 Å². The van der Waals surface area contributed by atoms with Crippen molar-refractivity contribution < 1.29 is 19.4 Å². The predicted octanol–water partition coefficient (Wildman–Crippen LogP) is 8.25. The molecule has 4 rings (SSSR count). The summed E-state index contributed by atoms with van der Waals surface area (Å²) in [5.74, 6) is 0.834. The summed E-state index contributed by atoms with van der Waals surface area (Å²) in [4.78, 5) is 0. The van der Waals surface area contributed by atoms with E-state index in [1.165, 1.54) is 71.9 Å². The second-order valence-electron chi connectivity index (χ2n) is 8.05. The zero-order valence-electron chi connectivity index (χ0n) is 16.0. The fourth-order valence-electron chi connectivity index (χ4n) is 4.84. The van der Waals surface area contributed by atoms with Gasteiger partial charge in [0.1, 0.15) is 0 Å². The first-order chi connectivity index (χ1) is 13.2. The molecule has 141 valence electrons. The number of allylic oxidation sites excluding steroid dienone is 1. The van der Waals surface area contributed by atoms with Crippen LogP contribution >= 0.6 is 17.0 Å². The number of halogens is 2. The summed E-state index contributed by atoms with van der Waals surface area (Å²) in [6, 6.07) is 15.8. The Labute approximate surface area is 178 Å². The van der Waals surface area contributed by atoms with Gasteiger partial charge in [0, 0.05) is 0 Å². The van der Waals surface area contributed by atoms with Crippen LogP contribution in [-0.2, 0) is 25.8 Å². The zero-order valence-corrected chi connectivity index (χ0v) is 19.9. The molecule has 3 heteroatoms. The Bertz CT molecular complexity index is 817. The van der Waals surface area contributed by atoms with Gasteiger partial charge in [-0.05, 0) is 0 Å². The Hall–Kier alpha value is -0.357. The Morgan fingerprint density at radius 3 is 2.41 bits per heavy atom. The average Bonchev–Trinajstić information content (AvgIpc) is 3.30. The van der Waals surface area contributed by atoms with E-state index in [1.807, 2.05) is 0 Å². The maximum absolute atomic E-state index is 6.67. The molecule has 1 saturated carbocycles. The molecular weight excluding hydrogens is 450 g/mol. The fourth-order valence-corrected chi connectivity index (χ4v) is 10.3. The quantitative estimate of drug-likeness (QED) is 0.393. The van der Waals surface area contributed by atoms with Crippen LogP contribution in [0.1, 0.15) is 65.8 Å². The van der Waals surface area contributed by atoms with Crippen molar-refractivity contribution in [3.8, 4) is 11.1 Å². The number of aryl methyl sites for hydroxylation is 1. The third-order valence-electron chi connectivity index (χ3n) is 6.17. The molecule has 2 aromatic carbocycles. The molecule has 0 saturated heterocycles. The van der Waals surface area contributed by atoms with Crippen LogP contribution in [0.25, 0.3) is 17.2 Å². The van der Waals surface area contributed by atoms with Crippen molar-refractivity contribution in [2.75, 3.05) is 0 Å². The summed E-state index contributed by atoms with van der Waals surface area (Å²) in [5.41, 5.74) is 8.33. The van der Waals surface area contributed by atoms with E-state index < -0.39 is 19.4 Å². The molecule has 1 atom stereocenters.